The van der Waals surface area contributed by atoms with Gasteiger partial charge in [-0.15, -0.1) is 0 Å². The molecule has 0 N–H and O–H groups in total. The maximum Gasteiger partial charge on any atom is 0.188 e. The smallest absolute Gasteiger partial charge is 0.188 e. The highest BCUT2D eigenvalue weighted by molar-refractivity contribution is 6.24. The van der Waals surface area contributed by atoms with Crippen molar-refractivity contribution < 1.29 is 8.83 Å². The first-order valence-electron chi connectivity index (χ1n) is 18.4. The minimum absolute atomic E-state index is 0.556. The van der Waals surface area contributed by atoms with Crippen LogP contribution in [-0.4, -0.2) is 9.13 Å². The van der Waals surface area contributed by atoms with Crippen LogP contribution in [0.1, 0.15) is 5.56 Å². The van der Waals surface area contributed by atoms with Crippen LogP contribution in [0.4, 0.5) is 5.69 Å². The van der Waals surface area contributed by atoms with Crippen LogP contribution in [0.15, 0.2) is 167 Å². The molecule has 0 spiro atoms. The molecule has 0 amide bonds. The third-order valence-electron chi connectivity index (χ3n) is 11.4. The van der Waals surface area contributed by atoms with Gasteiger partial charge in [0.15, 0.2) is 5.69 Å². The Morgan fingerprint density at radius 3 is 2.00 bits per heavy atom. The Morgan fingerprint density at radius 1 is 0.482 bits per heavy atom. The van der Waals surface area contributed by atoms with Crippen LogP contribution in [0, 0.1) is 17.9 Å². The normalized spacial score (nSPS) is 11.9. The second-order valence-corrected chi connectivity index (χ2v) is 14.2. The van der Waals surface area contributed by atoms with Gasteiger partial charge in [-0.3, -0.25) is 0 Å². The fraction of sp³-hybridized carbons (Fsp3) is 0. The van der Waals surface area contributed by atoms with Crippen molar-refractivity contribution in [1.82, 2.24) is 9.13 Å². The van der Waals surface area contributed by atoms with Gasteiger partial charge in [0.2, 0.25) is 0 Å². The largest absolute Gasteiger partial charge is 0.456 e. The molecule has 0 saturated carbocycles. The van der Waals surface area contributed by atoms with Gasteiger partial charge < -0.3 is 18.0 Å². The van der Waals surface area contributed by atoms with Gasteiger partial charge in [0.05, 0.1) is 51.0 Å². The third kappa shape index (κ3) is 4.02. The van der Waals surface area contributed by atoms with E-state index in [1.54, 1.807) is 0 Å². The van der Waals surface area contributed by atoms with Gasteiger partial charge in [-0.2, -0.15) is 5.26 Å². The minimum Gasteiger partial charge on any atom is -0.456 e. The number of rotatable bonds is 3. The van der Waals surface area contributed by atoms with E-state index in [1.165, 1.54) is 0 Å². The van der Waals surface area contributed by atoms with E-state index in [2.05, 4.69) is 105 Å². The maximum absolute atomic E-state index is 10.8. The minimum atomic E-state index is 0.556. The van der Waals surface area contributed by atoms with Crippen LogP contribution in [0.25, 0.3) is 115 Å². The average molecular weight is 715 g/mol. The van der Waals surface area contributed by atoms with Crippen LogP contribution in [0.3, 0.4) is 0 Å². The number of benzene rings is 8. The van der Waals surface area contributed by atoms with E-state index in [9.17, 15) is 5.26 Å². The predicted molar refractivity (Wildman–Crippen MR) is 226 cm³/mol. The fourth-order valence-electron chi connectivity index (χ4n) is 9.02. The first-order valence-corrected chi connectivity index (χ1v) is 18.4. The zero-order chi connectivity index (χ0) is 37.1. The Hall–Kier alpha value is -8.06. The van der Waals surface area contributed by atoms with Crippen molar-refractivity contribution in [1.29, 1.82) is 5.26 Å². The van der Waals surface area contributed by atoms with Gasteiger partial charge in [0.1, 0.15) is 28.4 Å². The summed E-state index contributed by atoms with van der Waals surface area (Å²) in [5, 5.41) is 19.1. The van der Waals surface area contributed by atoms with E-state index in [0.717, 1.165) is 110 Å². The van der Waals surface area contributed by atoms with Crippen LogP contribution < -0.4 is 0 Å². The van der Waals surface area contributed by atoms with Gasteiger partial charge in [0, 0.05) is 43.4 Å². The summed E-state index contributed by atoms with van der Waals surface area (Å²) in [5.74, 6) is 0. The molecular formula is C50H26N4O2. The number of nitriles is 1. The number of furan rings is 2. The quantitative estimate of drug-likeness (QED) is 0.171. The molecule has 6 nitrogen and oxygen atoms in total. The lowest BCUT2D eigenvalue weighted by Crippen LogP contribution is -2.03. The molecule has 0 radical (unpaired) electrons. The molecule has 258 valence electrons. The monoisotopic (exact) mass is 714 g/mol. The summed E-state index contributed by atoms with van der Waals surface area (Å²) in [6.07, 6.45) is 0. The van der Waals surface area contributed by atoms with Gasteiger partial charge in [0.25, 0.3) is 0 Å². The van der Waals surface area contributed by atoms with Crippen LogP contribution in [-0.2, 0) is 0 Å². The highest BCUT2D eigenvalue weighted by Gasteiger charge is 2.25. The average Bonchev–Trinajstić information content (AvgIpc) is 3.99. The Kier molecular flexibility index (Phi) is 6.10. The van der Waals surface area contributed by atoms with Gasteiger partial charge in [-0.25, -0.2) is 4.85 Å². The summed E-state index contributed by atoms with van der Waals surface area (Å²) < 4.78 is 17.5. The Bertz CT molecular complexity index is 3750. The molecule has 4 heterocycles. The lowest BCUT2D eigenvalue weighted by Gasteiger charge is -2.19. The highest BCUT2D eigenvalue weighted by Crippen LogP contribution is 2.45. The van der Waals surface area contributed by atoms with E-state index in [-0.39, 0.29) is 0 Å². The Labute approximate surface area is 318 Å². The van der Waals surface area contributed by atoms with Gasteiger partial charge >= 0.3 is 0 Å². The van der Waals surface area contributed by atoms with Crippen molar-refractivity contribution in [2.24, 2.45) is 0 Å². The molecule has 0 unspecified atom stereocenters. The molecule has 0 bridgehead atoms. The second kappa shape index (κ2) is 11.2. The first-order chi connectivity index (χ1) is 27.7. The van der Waals surface area contributed by atoms with E-state index in [4.69, 9.17) is 15.4 Å². The van der Waals surface area contributed by atoms with Crippen LogP contribution in [0.5, 0.6) is 0 Å². The van der Waals surface area contributed by atoms with E-state index < -0.39 is 0 Å². The Balaban J connectivity index is 1.19. The molecule has 6 heteroatoms. The summed E-state index contributed by atoms with van der Waals surface area (Å²) in [4.78, 5) is 3.79. The number of aromatic nitrogens is 2. The topological polar surface area (TPSA) is 64.3 Å². The summed E-state index contributed by atoms with van der Waals surface area (Å²) in [5.41, 5.74) is 12.0. The molecule has 12 aromatic rings. The summed E-state index contributed by atoms with van der Waals surface area (Å²) >= 11 is 0. The summed E-state index contributed by atoms with van der Waals surface area (Å²) in [6.45, 7) is 7.83. The second-order valence-electron chi connectivity index (χ2n) is 14.2. The van der Waals surface area contributed by atoms with Crippen LogP contribution in [0.2, 0.25) is 0 Å². The zero-order valence-corrected chi connectivity index (χ0v) is 29.6. The number of fused-ring (bicyclic) bond motifs is 13. The molecule has 0 aliphatic rings. The molecule has 12 rings (SSSR count). The summed E-state index contributed by atoms with van der Waals surface area (Å²) in [7, 11) is 0. The molecular weight excluding hydrogens is 689 g/mol. The molecule has 56 heavy (non-hydrogen) atoms. The lowest BCUT2D eigenvalue weighted by molar-refractivity contribution is 0.669. The predicted octanol–water partition coefficient (Wildman–Crippen LogP) is 13.8. The van der Waals surface area contributed by atoms with Gasteiger partial charge in [-0.1, -0.05) is 91.0 Å². The third-order valence-corrected chi connectivity index (χ3v) is 11.4. The first kappa shape index (κ1) is 30.4. The van der Waals surface area contributed by atoms with Crippen molar-refractivity contribution >= 4 is 93.2 Å². The van der Waals surface area contributed by atoms with Crippen molar-refractivity contribution in [3.63, 3.8) is 0 Å². The number of hydrogen-bond donors (Lipinski definition) is 0. The Morgan fingerprint density at radius 2 is 1.16 bits per heavy atom. The molecule has 4 aromatic heterocycles. The maximum atomic E-state index is 10.8. The zero-order valence-electron chi connectivity index (χ0n) is 29.6. The number of para-hydroxylation sites is 5. The van der Waals surface area contributed by atoms with Crippen molar-refractivity contribution in [2.45, 2.75) is 0 Å². The molecule has 0 aliphatic heterocycles. The van der Waals surface area contributed by atoms with Crippen molar-refractivity contribution in [3.8, 4) is 28.6 Å². The van der Waals surface area contributed by atoms with Gasteiger partial charge in [-0.05, 0) is 72.1 Å². The molecule has 0 aliphatic carbocycles. The summed E-state index contributed by atoms with van der Waals surface area (Å²) in [6, 6.07) is 56.0. The number of nitrogens with zero attached hydrogens (tertiary/aromatic N) is 4. The van der Waals surface area contributed by atoms with Crippen molar-refractivity contribution in [2.75, 3.05) is 0 Å². The van der Waals surface area contributed by atoms with E-state index >= 15 is 0 Å². The molecule has 0 atom stereocenters. The standard InChI is InChI=1S/C50H26N4O2/c1-52-30-21-23-42-37(25-30)38-27-47-39(33-14-5-8-19-45(33)55-47)26-44(38)53(42)40-17-6-2-12-31(40)34-16-10-11-29(28-51)49(34)54-41-18-7-3-15-36(41)48-43(54)24-22-35-32-13-4-9-20-46(32)56-50(35)48/h2-27H. The van der Waals surface area contributed by atoms with Crippen molar-refractivity contribution in [3.05, 3.63) is 175 Å². The van der Waals surface area contributed by atoms with E-state index in [0.29, 0.717) is 11.3 Å². The lowest BCUT2D eigenvalue weighted by atomic mass is 9.98. The number of hydrogen-bond acceptors (Lipinski definition) is 3. The fourth-order valence-corrected chi connectivity index (χ4v) is 9.02. The molecule has 0 fully saturated rings. The molecule has 0 saturated heterocycles. The highest BCUT2D eigenvalue weighted by atomic mass is 16.3. The van der Waals surface area contributed by atoms with Crippen LogP contribution >= 0.6 is 0 Å². The van der Waals surface area contributed by atoms with E-state index in [1.807, 2.05) is 72.8 Å². The SMILES string of the molecule is [C-]#[N+]c1ccc2c(c1)c1cc3oc4ccccc4c3cc1n2-c1ccccc1-c1cccc(C#N)c1-n1c2ccccc2c2c3oc4ccccc4c3ccc21. The molecule has 8 aromatic carbocycles.